The van der Waals surface area contributed by atoms with E-state index in [4.69, 9.17) is 11.5 Å². The van der Waals surface area contributed by atoms with Gasteiger partial charge in [0.2, 0.25) is 5.91 Å². The second-order valence-corrected chi connectivity index (χ2v) is 4.12. The number of likely N-dealkylation sites (tertiary alicyclic amines) is 1. The van der Waals surface area contributed by atoms with E-state index in [1.54, 1.807) is 12.3 Å². The average molecular weight is 220 g/mol. The molecule has 5 heteroatoms. The number of pyridine rings is 1. The molecule has 1 aromatic rings. The summed E-state index contributed by atoms with van der Waals surface area (Å²) in [5.74, 6) is 0.275. The molecule has 0 radical (unpaired) electrons. The molecule has 16 heavy (non-hydrogen) atoms. The van der Waals surface area contributed by atoms with Gasteiger partial charge in [0.15, 0.2) is 0 Å². The first-order valence-corrected chi connectivity index (χ1v) is 5.40. The lowest BCUT2D eigenvalue weighted by molar-refractivity contribution is -0.122. The van der Waals surface area contributed by atoms with E-state index >= 15 is 0 Å². The molecule has 1 aliphatic rings. The standard InChI is InChI=1S/C11H16N4O/c12-10-4-3-8(6-14-10)7-15-5-1-2-9(15)11(13)16/h3-4,6,9H,1-2,5,7H2,(H2,12,14)(H2,13,16). The van der Waals surface area contributed by atoms with Crippen molar-refractivity contribution in [2.45, 2.75) is 25.4 Å². The largest absolute Gasteiger partial charge is 0.384 e. The average Bonchev–Trinajstić information content (AvgIpc) is 2.69. The summed E-state index contributed by atoms with van der Waals surface area (Å²) in [6.45, 7) is 1.62. The van der Waals surface area contributed by atoms with E-state index in [-0.39, 0.29) is 11.9 Å². The van der Waals surface area contributed by atoms with Gasteiger partial charge in [0.1, 0.15) is 5.82 Å². The number of nitrogen functional groups attached to an aromatic ring is 1. The molecule has 86 valence electrons. The van der Waals surface area contributed by atoms with Gasteiger partial charge >= 0.3 is 0 Å². The molecule has 1 aromatic heterocycles. The molecule has 2 rings (SSSR count). The molecular weight excluding hydrogens is 204 g/mol. The summed E-state index contributed by atoms with van der Waals surface area (Å²) >= 11 is 0. The highest BCUT2D eigenvalue weighted by atomic mass is 16.1. The van der Waals surface area contributed by atoms with Crippen LogP contribution in [0.25, 0.3) is 0 Å². The van der Waals surface area contributed by atoms with Crippen molar-refractivity contribution >= 4 is 11.7 Å². The molecule has 0 aliphatic carbocycles. The van der Waals surface area contributed by atoms with E-state index in [1.165, 1.54) is 0 Å². The lowest BCUT2D eigenvalue weighted by atomic mass is 10.2. The molecule has 1 aliphatic heterocycles. The van der Waals surface area contributed by atoms with Gasteiger partial charge in [-0.25, -0.2) is 4.98 Å². The lowest BCUT2D eigenvalue weighted by Gasteiger charge is -2.21. The molecule has 1 saturated heterocycles. The molecule has 1 unspecified atom stereocenters. The quantitative estimate of drug-likeness (QED) is 0.757. The van der Waals surface area contributed by atoms with Crippen LogP contribution >= 0.6 is 0 Å². The van der Waals surface area contributed by atoms with Crippen molar-refractivity contribution in [3.8, 4) is 0 Å². The smallest absolute Gasteiger partial charge is 0.234 e. The summed E-state index contributed by atoms with van der Waals surface area (Å²) in [7, 11) is 0. The molecule has 1 fully saturated rings. The second-order valence-electron chi connectivity index (χ2n) is 4.12. The number of carbonyl (C=O) groups excluding carboxylic acids is 1. The van der Waals surface area contributed by atoms with E-state index in [1.807, 2.05) is 6.07 Å². The van der Waals surface area contributed by atoms with Gasteiger partial charge in [0, 0.05) is 12.7 Å². The van der Waals surface area contributed by atoms with Crippen LogP contribution in [-0.2, 0) is 11.3 Å². The molecule has 4 N–H and O–H groups in total. The third kappa shape index (κ3) is 2.30. The highest BCUT2D eigenvalue weighted by molar-refractivity contribution is 5.80. The number of aromatic nitrogens is 1. The van der Waals surface area contributed by atoms with Crippen LogP contribution in [0, 0.1) is 0 Å². The zero-order valence-corrected chi connectivity index (χ0v) is 9.10. The fourth-order valence-corrected chi connectivity index (χ4v) is 2.10. The first-order valence-electron chi connectivity index (χ1n) is 5.40. The van der Waals surface area contributed by atoms with Gasteiger partial charge in [-0.05, 0) is 31.0 Å². The first-order chi connectivity index (χ1) is 7.66. The molecule has 1 amide bonds. The summed E-state index contributed by atoms with van der Waals surface area (Å²) < 4.78 is 0. The Labute approximate surface area is 94.4 Å². The number of hydrogen-bond acceptors (Lipinski definition) is 4. The monoisotopic (exact) mass is 220 g/mol. The fourth-order valence-electron chi connectivity index (χ4n) is 2.10. The van der Waals surface area contributed by atoms with Gasteiger partial charge in [-0.15, -0.1) is 0 Å². The maximum absolute atomic E-state index is 11.2. The Balaban J connectivity index is 2.03. The number of primary amides is 1. The van der Waals surface area contributed by atoms with Crippen molar-refractivity contribution in [3.63, 3.8) is 0 Å². The Bertz CT molecular complexity index is 376. The van der Waals surface area contributed by atoms with E-state index in [0.29, 0.717) is 12.4 Å². The molecule has 2 heterocycles. The molecule has 5 nitrogen and oxygen atoms in total. The number of nitrogens with two attached hydrogens (primary N) is 2. The van der Waals surface area contributed by atoms with Gasteiger partial charge < -0.3 is 11.5 Å². The molecular formula is C11H16N4O. The predicted molar refractivity (Wildman–Crippen MR) is 61.3 cm³/mol. The highest BCUT2D eigenvalue weighted by Gasteiger charge is 2.28. The second kappa shape index (κ2) is 4.49. The zero-order valence-electron chi connectivity index (χ0n) is 9.10. The minimum Gasteiger partial charge on any atom is -0.384 e. The van der Waals surface area contributed by atoms with Crippen molar-refractivity contribution in [1.29, 1.82) is 0 Å². The van der Waals surface area contributed by atoms with Crippen molar-refractivity contribution in [2.75, 3.05) is 12.3 Å². The number of anilines is 1. The van der Waals surface area contributed by atoms with E-state index < -0.39 is 0 Å². The summed E-state index contributed by atoms with van der Waals surface area (Å²) in [6.07, 6.45) is 3.62. The summed E-state index contributed by atoms with van der Waals surface area (Å²) in [4.78, 5) is 17.3. The summed E-state index contributed by atoms with van der Waals surface area (Å²) in [5.41, 5.74) is 11.9. The minimum atomic E-state index is -0.235. The van der Waals surface area contributed by atoms with Crippen LogP contribution in [0.15, 0.2) is 18.3 Å². The van der Waals surface area contributed by atoms with Crippen LogP contribution in [0.3, 0.4) is 0 Å². The topological polar surface area (TPSA) is 85.2 Å². The lowest BCUT2D eigenvalue weighted by Crippen LogP contribution is -2.39. The van der Waals surface area contributed by atoms with Crippen molar-refractivity contribution in [1.82, 2.24) is 9.88 Å². The van der Waals surface area contributed by atoms with Crippen molar-refractivity contribution in [3.05, 3.63) is 23.9 Å². The van der Waals surface area contributed by atoms with Crippen LogP contribution in [-0.4, -0.2) is 28.4 Å². The Morgan fingerprint density at radius 3 is 3.00 bits per heavy atom. The Morgan fingerprint density at radius 1 is 1.56 bits per heavy atom. The number of amides is 1. The molecule has 1 atom stereocenters. The maximum Gasteiger partial charge on any atom is 0.234 e. The minimum absolute atomic E-state index is 0.127. The number of hydrogen-bond donors (Lipinski definition) is 2. The van der Waals surface area contributed by atoms with Crippen LogP contribution in [0.2, 0.25) is 0 Å². The zero-order chi connectivity index (χ0) is 11.5. The summed E-state index contributed by atoms with van der Waals surface area (Å²) in [5, 5.41) is 0. The Kier molecular flexibility index (Phi) is 3.05. The van der Waals surface area contributed by atoms with E-state index in [2.05, 4.69) is 9.88 Å². The number of carbonyl (C=O) groups is 1. The van der Waals surface area contributed by atoms with E-state index in [9.17, 15) is 4.79 Å². The van der Waals surface area contributed by atoms with Gasteiger partial charge in [-0.1, -0.05) is 6.07 Å². The maximum atomic E-state index is 11.2. The Morgan fingerprint density at radius 2 is 2.38 bits per heavy atom. The molecule has 0 spiro atoms. The van der Waals surface area contributed by atoms with Gasteiger partial charge in [0.25, 0.3) is 0 Å². The third-order valence-corrected chi connectivity index (χ3v) is 2.93. The molecule has 0 aromatic carbocycles. The molecule has 0 saturated carbocycles. The van der Waals surface area contributed by atoms with Crippen LogP contribution in [0.4, 0.5) is 5.82 Å². The van der Waals surface area contributed by atoms with Gasteiger partial charge in [-0.2, -0.15) is 0 Å². The first kappa shape index (κ1) is 10.9. The van der Waals surface area contributed by atoms with Crippen LogP contribution in [0.5, 0.6) is 0 Å². The number of nitrogens with zero attached hydrogens (tertiary/aromatic N) is 2. The van der Waals surface area contributed by atoms with Crippen LogP contribution < -0.4 is 11.5 Å². The highest BCUT2D eigenvalue weighted by Crippen LogP contribution is 2.19. The summed E-state index contributed by atoms with van der Waals surface area (Å²) in [6, 6.07) is 3.57. The predicted octanol–water partition coefficient (Wildman–Crippen LogP) is 0.113. The molecule has 0 bridgehead atoms. The van der Waals surface area contributed by atoms with Gasteiger partial charge in [0.05, 0.1) is 6.04 Å². The van der Waals surface area contributed by atoms with E-state index in [0.717, 1.165) is 24.9 Å². The van der Waals surface area contributed by atoms with Crippen molar-refractivity contribution in [2.24, 2.45) is 5.73 Å². The third-order valence-electron chi connectivity index (χ3n) is 2.93. The van der Waals surface area contributed by atoms with Crippen LogP contribution in [0.1, 0.15) is 18.4 Å². The van der Waals surface area contributed by atoms with Crippen molar-refractivity contribution < 1.29 is 4.79 Å². The number of rotatable bonds is 3. The SMILES string of the molecule is NC(=O)C1CCCN1Cc1ccc(N)nc1. The normalized spacial score (nSPS) is 21.1. The Hall–Kier alpha value is -1.62. The fraction of sp³-hybridized carbons (Fsp3) is 0.455. The van der Waals surface area contributed by atoms with Gasteiger partial charge in [-0.3, -0.25) is 9.69 Å².